The second kappa shape index (κ2) is 11.2. The van der Waals surface area contributed by atoms with E-state index in [1.54, 1.807) is 11.3 Å². The first-order valence-corrected chi connectivity index (χ1v) is 10.4. The molecule has 0 aliphatic carbocycles. The number of likely N-dealkylation sites (tertiary alicyclic amines) is 1. The van der Waals surface area contributed by atoms with E-state index in [0.29, 0.717) is 12.0 Å². The number of guanidine groups is 1. The SMILES string of the molecule is CN=C(NCc1ccsc1)NCC1CCCN(C)C1c1cccc(Cl)c1.I. The molecule has 1 saturated heterocycles. The number of rotatable bonds is 5. The molecule has 0 amide bonds. The molecule has 1 aliphatic rings. The summed E-state index contributed by atoms with van der Waals surface area (Å²) in [6.45, 7) is 2.81. The number of hydrogen-bond acceptors (Lipinski definition) is 3. The lowest BCUT2D eigenvalue weighted by atomic mass is 9.85. The topological polar surface area (TPSA) is 39.7 Å². The minimum Gasteiger partial charge on any atom is -0.356 e. The van der Waals surface area contributed by atoms with E-state index in [4.69, 9.17) is 11.6 Å². The summed E-state index contributed by atoms with van der Waals surface area (Å²) in [5.41, 5.74) is 2.58. The Balaban J connectivity index is 0.00000261. The monoisotopic (exact) mass is 518 g/mol. The van der Waals surface area contributed by atoms with Crippen molar-refractivity contribution in [1.29, 1.82) is 0 Å². The molecule has 0 saturated carbocycles. The van der Waals surface area contributed by atoms with Crippen LogP contribution in [0.2, 0.25) is 5.02 Å². The van der Waals surface area contributed by atoms with Crippen molar-refractivity contribution >= 4 is 52.9 Å². The molecule has 0 radical (unpaired) electrons. The zero-order chi connectivity index (χ0) is 18.4. The third-order valence-corrected chi connectivity index (χ3v) is 5.96. The van der Waals surface area contributed by atoms with Gasteiger partial charge in [-0.05, 0) is 72.4 Å². The Morgan fingerprint density at radius 2 is 2.19 bits per heavy atom. The number of aliphatic imine (C=N–C) groups is 1. The highest BCUT2D eigenvalue weighted by molar-refractivity contribution is 14.0. The van der Waals surface area contributed by atoms with Crippen molar-refractivity contribution in [2.75, 3.05) is 27.2 Å². The number of piperidine rings is 1. The van der Waals surface area contributed by atoms with Gasteiger partial charge in [0.15, 0.2) is 5.96 Å². The molecular formula is C20H28ClIN4S. The van der Waals surface area contributed by atoms with Crippen LogP contribution in [0.1, 0.15) is 30.0 Å². The lowest BCUT2D eigenvalue weighted by Gasteiger charge is -2.40. The van der Waals surface area contributed by atoms with E-state index in [-0.39, 0.29) is 24.0 Å². The van der Waals surface area contributed by atoms with Crippen LogP contribution in [0.3, 0.4) is 0 Å². The van der Waals surface area contributed by atoms with Gasteiger partial charge in [-0.1, -0.05) is 23.7 Å². The first-order chi connectivity index (χ1) is 12.7. The van der Waals surface area contributed by atoms with Gasteiger partial charge in [-0.25, -0.2) is 0 Å². The van der Waals surface area contributed by atoms with Crippen molar-refractivity contribution in [3.8, 4) is 0 Å². The number of thiophene rings is 1. The van der Waals surface area contributed by atoms with E-state index >= 15 is 0 Å². The summed E-state index contributed by atoms with van der Waals surface area (Å²) < 4.78 is 0. The molecule has 0 bridgehead atoms. The molecule has 0 spiro atoms. The van der Waals surface area contributed by atoms with Crippen molar-refractivity contribution in [1.82, 2.24) is 15.5 Å². The zero-order valence-electron chi connectivity index (χ0n) is 15.8. The van der Waals surface area contributed by atoms with E-state index in [0.717, 1.165) is 30.6 Å². The van der Waals surface area contributed by atoms with Crippen molar-refractivity contribution in [2.45, 2.75) is 25.4 Å². The molecule has 148 valence electrons. The fourth-order valence-corrected chi connectivity index (χ4v) is 4.59. The molecule has 1 aromatic carbocycles. The summed E-state index contributed by atoms with van der Waals surface area (Å²) in [6, 6.07) is 10.8. The highest BCUT2D eigenvalue weighted by Crippen LogP contribution is 2.35. The summed E-state index contributed by atoms with van der Waals surface area (Å²) in [7, 11) is 4.03. The predicted molar refractivity (Wildman–Crippen MR) is 127 cm³/mol. The molecule has 3 rings (SSSR count). The molecule has 1 aliphatic heterocycles. The minimum absolute atomic E-state index is 0. The molecule has 2 atom stereocenters. The molecule has 1 aromatic heterocycles. The Bertz CT molecular complexity index is 723. The maximum atomic E-state index is 6.24. The van der Waals surface area contributed by atoms with E-state index in [2.05, 4.69) is 56.5 Å². The van der Waals surface area contributed by atoms with Gasteiger partial charge in [0.2, 0.25) is 0 Å². The third-order valence-electron chi connectivity index (χ3n) is 4.99. The van der Waals surface area contributed by atoms with Crippen LogP contribution in [0.25, 0.3) is 0 Å². The summed E-state index contributed by atoms with van der Waals surface area (Å²) in [5.74, 6) is 1.38. The van der Waals surface area contributed by atoms with Gasteiger partial charge < -0.3 is 10.6 Å². The Kier molecular flexibility index (Phi) is 9.35. The molecule has 2 heterocycles. The fourth-order valence-electron chi connectivity index (χ4n) is 3.72. The minimum atomic E-state index is 0. The molecule has 2 aromatic rings. The molecule has 1 fully saturated rings. The summed E-state index contributed by atoms with van der Waals surface area (Å²) in [6.07, 6.45) is 2.43. The van der Waals surface area contributed by atoms with E-state index in [9.17, 15) is 0 Å². The van der Waals surface area contributed by atoms with Crippen LogP contribution in [0, 0.1) is 5.92 Å². The maximum absolute atomic E-state index is 6.24. The van der Waals surface area contributed by atoms with Gasteiger partial charge in [0.05, 0.1) is 0 Å². The zero-order valence-corrected chi connectivity index (χ0v) is 19.7. The van der Waals surface area contributed by atoms with Gasteiger partial charge in [-0.3, -0.25) is 9.89 Å². The molecule has 7 heteroatoms. The molecular weight excluding hydrogens is 491 g/mol. The average molecular weight is 519 g/mol. The van der Waals surface area contributed by atoms with Gasteiger partial charge in [0.25, 0.3) is 0 Å². The number of halogens is 2. The number of benzene rings is 1. The summed E-state index contributed by atoms with van der Waals surface area (Å²) >= 11 is 7.95. The van der Waals surface area contributed by atoms with Crippen molar-refractivity contribution in [3.05, 3.63) is 57.2 Å². The van der Waals surface area contributed by atoms with Crippen molar-refractivity contribution < 1.29 is 0 Å². The first-order valence-electron chi connectivity index (χ1n) is 9.08. The number of nitrogens with zero attached hydrogens (tertiary/aromatic N) is 2. The van der Waals surface area contributed by atoms with Gasteiger partial charge in [0, 0.05) is 31.2 Å². The van der Waals surface area contributed by atoms with Crippen LogP contribution < -0.4 is 10.6 Å². The maximum Gasteiger partial charge on any atom is 0.191 e. The van der Waals surface area contributed by atoms with Gasteiger partial charge in [-0.2, -0.15) is 11.3 Å². The van der Waals surface area contributed by atoms with E-state index in [1.807, 2.05) is 19.2 Å². The molecule has 4 nitrogen and oxygen atoms in total. The Hall–Kier alpha value is -0.830. The van der Waals surface area contributed by atoms with Gasteiger partial charge >= 0.3 is 0 Å². The van der Waals surface area contributed by atoms with Crippen LogP contribution >= 0.6 is 46.9 Å². The van der Waals surface area contributed by atoms with Crippen LogP contribution in [0.4, 0.5) is 0 Å². The summed E-state index contributed by atoms with van der Waals surface area (Å²) in [4.78, 5) is 6.81. The highest BCUT2D eigenvalue weighted by atomic mass is 127. The van der Waals surface area contributed by atoms with Gasteiger partial charge in [-0.15, -0.1) is 24.0 Å². The standard InChI is InChI=1S/C20H27ClN4S.HI/c1-22-20(23-12-15-8-10-26-14-15)24-13-17-6-4-9-25(2)19(17)16-5-3-7-18(21)11-16;/h3,5,7-8,10-11,14,17,19H,4,6,9,12-13H2,1-2H3,(H2,22,23,24);1H. The van der Waals surface area contributed by atoms with E-state index in [1.165, 1.54) is 24.0 Å². The van der Waals surface area contributed by atoms with Crippen LogP contribution in [0.5, 0.6) is 0 Å². The Morgan fingerprint density at radius 3 is 2.89 bits per heavy atom. The first kappa shape index (κ1) is 22.5. The van der Waals surface area contributed by atoms with Crippen molar-refractivity contribution in [3.63, 3.8) is 0 Å². The highest BCUT2D eigenvalue weighted by Gasteiger charge is 2.30. The largest absolute Gasteiger partial charge is 0.356 e. The second-order valence-corrected chi connectivity index (χ2v) is 8.04. The lowest BCUT2D eigenvalue weighted by Crippen LogP contribution is -2.44. The van der Waals surface area contributed by atoms with Gasteiger partial charge in [0.1, 0.15) is 0 Å². The number of hydrogen-bond donors (Lipinski definition) is 2. The van der Waals surface area contributed by atoms with Crippen molar-refractivity contribution in [2.24, 2.45) is 10.9 Å². The third kappa shape index (κ3) is 6.34. The molecule has 2 N–H and O–H groups in total. The summed E-state index contributed by atoms with van der Waals surface area (Å²) in [5, 5.41) is 12.0. The number of nitrogens with one attached hydrogen (secondary N) is 2. The fraction of sp³-hybridized carbons (Fsp3) is 0.450. The Labute approximate surface area is 188 Å². The quantitative estimate of drug-likeness (QED) is 0.340. The van der Waals surface area contributed by atoms with Crippen LogP contribution in [-0.4, -0.2) is 38.0 Å². The smallest absolute Gasteiger partial charge is 0.191 e. The van der Waals surface area contributed by atoms with Crippen LogP contribution in [-0.2, 0) is 6.54 Å². The second-order valence-electron chi connectivity index (χ2n) is 6.82. The molecule has 27 heavy (non-hydrogen) atoms. The van der Waals surface area contributed by atoms with Crippen LogP contribution in [0.15, 0.2) is 46.1 Å². The Morgan fingerprint density at radius 1 is 1.33 bits per heavy atom. The molecule has 2 unspecified atom stereocenters. The average Bonchev–Trinajstić information content (AvgIpc) is 3.15. The predicted octanol–water partition coefficient (Wildman–Crippen LogP) is 4.77. The normalized spacial score (nSPS) is 20.8. The lowest BCUT2D eigenvalue weighted by molar-refractivity contribution is 0.122. The van der Waals surface area contributed by atoms with E-state index < -0.39 is 0 Å².